The van der Waals surface area contributed by atoms with Gasteiger partial charge in [-0.1, -0.05) is 39.0 Å². The van der Waals surface area contributed by atoms with Gasteiger partial charge in [0.2, 0.25) is 0 Å². The molecule has 0 aliphatic carbocycles. The first-order chi connectivity index (χ1) is 7.96. The van der Waals surface area contributed by atoms with Gasteiger partial charge in [-0.25, -0.2) is 0 Å². The minimum absolute atomic E-state index is 0.257. The van der Waals surface area contributed by atoms with E-state index in [0.29, 0.717) is 5.41 Å². The zero-order valence-electron chi connectivity index (χ0n) is 10.9. The van der Waals surface area contributed by atoms with Gasteiger partial charge in [-0.05, 0) is 40.7 Å². The summed E-state index contributed by atoms with van der Waals surface area (Å²) in [5.41, 5.74) is 7.96. The highest BCUT2D eigenvalue weighted by molar-refractivity contribution is 7.17. The van der Waals surface area contributed by atoms with E-state index < -0.39 is 0 Å². The number of hydrogen-bond acceptors (Lipinski definition) is 2. The monoisotopic (exact) mass is 247 g/mol. The molecule has 2 rings (SSSR count). The van der Waals surface area contributed by atoms with E-state index >= 15 is 0 Å². The average molecular weight is 247 g/mol. The van der Waals surface area contributed by atoms with Gasteiger partial charge in [0.25, 0.3) is 0 Å². The molecular formula is C15H21NS. The number of benzene rings is 1. The number of thiophene rings is 1. The van der Waals surface area contributed by atoms with E-state index in [2.05, 4.69) is 50.4 Å². The maximum Gasteiger partial charge on any atom is 0.0345 e. The zero-order chi connectivity index (χ0) is 12.5. The third kappa shape index (κ3) is 3.30. The summed E-state index contributed by atoms with van der Waals surface area (Å²) in [5, 5.41) is 3.63. The summed E-state index contributed by atoms with van der Waals surface area (Å²) in [6.45, 7) is 6.75. The Morgan fingerprint density at radius 2 is 1.94 bits per heavy atom. The molecule has 2 aromatic rings. The first-order valence-electron chi connectivity index (χ1n) is 6.16. The van der Waals surface area contributed by atoms with Gasteiger partial charge >= 0.3 is 0 Å². The Bertz CT molecular complexity index is 493. The van der Waals surface area contributed by atoms with Crippen molar-refractivity contribution in [2.24, 2.45) is 11.1 Å². The Hall–Kier alpha value is -0.860. The van der Waals surface area contributed by atoms with Crippen molar-refractivity contribution >= 4 is 21.4 Å². The molecule has 0 spiro atoms. The molecule has 0 aliphatic rings. The molecule has 0 amide bonds. The number of rotatable bonds is 3. The van der Waals surface area contributed by atoms with E-state index in [1.54, 1.807) is 0 Å². The number of nitrogens with two attached hydrogens (primary N) is 1. The maximum absolute atomic E-state index is 6.25. The van der Waals surface area contributed by atoms with Crippen molar-refractivity contribution in [3.8, 4) is 0 Å². The molecular weight excluding hydrogens is 226 g/mol. The molecule has 0 bridgehead atoms. The van der Waals surface area contributed by atoms with Gasteiger partial charge in [-0.2, -0.15) is 0 Å². The molecule has 0 saturated carbocycles. The summed E-state index contributed by atoms with van der Waals surface area (Å²) in [7, 11) is 0. The molecule has 0 radical (unpaired) electrons. The van der Waals surface area contributed by atoms with Crippen LogP contribution >= 0.6 is 11.3 Å². The Labute approximate surface area is 108 Å². The standard InChI is InChI=1S/C15H21NS/c1-15(2,3)9-12(16)8-11-10-17-14-7-5-4-6-13(11)14/h4-7,10,12H,8-9,16H2,1-3H3. The van der Waals surface area contributed by atoms with Crippen LogP contribution in [-0.4, -0.2) is 6.04 Å². The quantitative estimate of drug-likeness (QED) is 0.864. The molecule has 1 aromatic heterocycles. The van der Waals surface area contributed by atoms with Crippen molar-refractivity contribution in [1.29, 1.82) is 0 Å². The first-order valence-corrected chi connectivity index (χ1v) is 7.04. The molecule has 17 heavy (non-hydrogen) atoms. The lowest BCUT2D eigenvalue weighted by Crippen LogP contribution is -2.28. The van der Waals surface area contributed by atoms with Gasteiger partial charge in [0.1, 0.15) is 0 Å². The minimum Gasteiger partial charge on any atom is -0.327 e. The predicted molar refractivity (Wildman–Crippen MR) is 77.6 cm³/mol. The Morgan fingerprint density at radius 3 is 2.65 bits per heavy atom. The fourth-order valence-electron chi connectivity index (χ4n) is 2.33. The van der Waals surface area contributed by atoms with Crippen LogP contribution in [-0.2, 0) is 6.42 Å². The van der Waals surface area contributed by atoms with Gasteiger partial charge < -0.3 is 5.73 Å². The molecule has 2 N–H and O–H groups in total. The second-order valence-corrected chi connectivity index (χ2v) is 6.90. The van der Waals surface area contributed by atoms with Crippen LogP contribution < -0.4 is 5.73 Å². The SMILES string of the molecule is CC(C)(C)CC(N)Cc1csc2ccccc12. The van der Waals surface area contributed by atoms with Crippen molar-refractivity contribution in [3.63, 3.8) is 0 Å². The van der Waals surface area contributed by atoms with Crippen molar-refractivity contribution in [2.75, 3.05) is 0 Å². The van der Waals surface area contributed by atoms with Crippen LogP contribution in [0.3, 0.4) is 0 Å². The van der Waals surface area contributed by atoms with Gasteiger partial charge in [0.05, 0.1) is 0 Å². The number of fused-ring (bicyclic) bond motifs is 1. The molecule has 1 atom stereocenters. The minimum atomic E-state index is 0.257. The van der Waals surface area contributed by atoms with Crippen LogP contribution in [0.1, 0.15) is 32.8 Å². The average Bonchev–Trinajstić information content (AvgIpc) is 2.59. The largest absolute Gasteiger partial charge is 0.327 e. The van der Waals surface area contributed by atoms with Crippen LogP contribution in [0.5, 0.6) is 0 Å². The van der Waals surface area contributed by atoms with Gasteiger partial charge in [0, 0.05) is 10.7 Å². The van der Waals surface area contributed by atoms with E-state index in [-0.39, 0.29) is 6.04 Å². The fourth-order valence-corrected chi connectivity index (χ4v) is 3.31. The molecule has 92 valence electrons. The molecule has 1 unspecified atom stereocenters. The highest BCUT2D eigenvalue weighted by atomic mass is 32.1. The molecule has 0 saturated heterocycles. The Kier molecular flexibility index (Phi) is 3.55. The van der Waals surface area contributed by atoms with Gasteiger partial charge in [-0.15, -0.1) is 11.3 Å². The van der Waals surface area contributed by atoms with Crippen molar-refractivity contribution < 1.29 is 0 Å². The Morgan fingerprint density at radius 1 is 1.24 bits per heavy atom. The molecule has 0 aliphatic heterocycles. The summed E-state index contributed by atoms with van der Waals surface area (Å²) in [4.78, 5) is 0. The van der Waals surface area contributed by atoms with Crippen molar-refractivity contribution in [3.05, 3.63) is 35.2 Å². The summed E-state index contributed by atoms with van der Waals surface area (Å²) in [5.74, 6) is 0. The van der Waals surface area contributed by atoms with E-state index in [1.807, 2.05) is 11.3 Å². The topological polar surface area (TPSA) is 26.0 Å². The van der Waals surface area contributed by atoms with Crippen molar-refractivity contribution in [2.45, 2.75) is 39.7 Å². The van der Waals surface area contributed by atoms with Gasteiger partial charge in [-0.3, -0.25) is 0 Å². The lowest BCUT2D eigenvalue weighted by atomic mass is 9.86. The van der Waals surface area contributed by atoms with Crippen LogP contribution in [0.4, 0.5) is 0 Å². The lowest BCUT2D eigenvalue weighted by molar-refractivity contribution is 0.338. The summed E-state index contributed by atoms with van der Waals surface area (Å²) in [6.07, 6.45) is 2.05. The van der Waals surface area contributed by atoms with Crippen LogP contribution in [0, 0.1) is 5.41 Å². The summed E-state index contributed by atoms with van der Waals surface area (Å²) in [6, 6.07) is 8.84. The highest BCUT2D eigenvalue weighted by Crippen LogP contribution is 2.28. The third-order valence-electron chi connectivity index (χ3n) is 2.92. The summed E-state index contributed by atoms with van der Waals surface area (Å²) >= 11 is 1.82. The van der Waals surface area contributed by atoms with Gasteiger partial charge in [0.15, 0.2) is 0 Å². The summed E-state index contributed by atoms with van der Waals surface area (Å²) < 4.78 is 1.37. The molecule has 2 heteroatoms. The maximum atomic E-state index is 6.25. The second-order valence-electron chi connectivity index (χ2n) is 5.99. The first kappa shape index (κ1) is 12.6. The highest BCUT2D eigenvalue weighted by Gasteiger charge is 2.17. The second kappa shape index (κ2) is 4.79. The normalized spacial score (nSPS) is 14.1. The van der Waals surface area contributed by atoms with Crippen LogP contribution in [0.15, 0.2) is 29.6 Å². The predicted octanol–water partition coefficient (Wildman–Crippen LogP) is 4.21. The molecule has 1 aromatic carbocycles. The van der Waals surface area contributed by atoms with E-state index in [0.717, 1.165) is 12.8 Å². The van der Waals surface area contributed by atoms with E-state index in [1.165, 1.54) is 15.6 Å². The Balaban J connectivity index is 2.13. The fraction of sp³-hybridized carbons (Fsp3) is 0.467. The molecule has 0 fully saturated rings. The van der Waals surface area contributed by atoms with E-state index in [4.69, 9.17) is 5.73 Å². The number of hydrogen-bond donors (Lipinski definition) is 1. The smallest absolute Gasteiger partial charge is 0.0345 e. The van der Waals surface area contributed by atoms with Crippen LogP contribution in [0.2, 0.25) is 0 Å². The van der Waals surface area contributed by atoms with Crippen LogP contribution in [0.25, 0.3) is 10.1 Å². The third-order valence-corrected chi connectivity index (χ3v) is 3.93. The zero-order valence-corrected chi connectivity index (χ0v) is 11.7. The van der Waals surface area contributed by atoms with E-state index in [9.17, 15) is 0 Å². The molecule has 1 heterocycles. The lowest BCUT2D eigenvalue weighted by Gasteiger charge is -2.22. The molecule has 1 nitrogen and oxygen atoms in total. The van der Waals surface area contributed by atoms with Crippen molar-refractivity contribution in [1.82, 2.24) is 0 Å².